The first-order valence-corrected chi connectivity index (χ1v) is 14.8. The summed E-state index contributed by atoms with van der Waals surface area (Å²) in [5.74, 6) is 0. The van der Waals surface area contributed by atoms with E-state index in [2.05, 4.69) is 25.7 Å². The summed E-state index contributed by atoms with van der Waals surface area (Å²) in [5, 5.41) is 10.5. The van der Waals surface area contributed by atoms with Crippen molar-refractivity contribution in [3.05, 3.63) is 35.9 Å². The first kappa shape index (κ1) is 22.5. The van der Waals surface area contributed by atoms with Crippen molar-refractivity contribution >= 4 is 8.32 Å². The fourth-order valence-electron chi connectivity index (χ4n) is 4.53. The predicted octanol–water partition coefficient (Wildman–Crippen LogP) is 6.28. The zero-order valence-electron chi connectivity index (χ0n) is 18.4. The van der Waals surface area contributed by atoms with Gasteiger partial charge in [0.25, 0.3) is 0 Å². The summed E-state index contributed by atoms with van der Waals surface area (Å²) < 4.78 is 19.8. The van der Waals surface area contributed by atoms with Gasteiger partial charge in [0.1, 0.15) is 6.07 Å². The van der Waals surface area contributed by atoms with E-state index in [1.54, 1.807) is 0 Å². The van der Waals surface area contributed by atoms with Crippen molar-refractivity contribution in [2.45, 2.75) is 108 Å². The molecular weight excluding hydrogens is 378 g/mol. The van der Waals surface area contributed by atoms with Gasteiger partial charge in [-0.15, -0.1) is 0 Å². The first-order chi connectivity index (χ1) is 13.9. The van der Waals surface area contributed by atoms with Crippen molar-refractivity contribution < 1.29 is 13.9 Å². The van der Waals surface area contributed by atoms with E-state index in [-0.39, 0.29) is 12.2 Å². The predicted molar refractivity (Wildman–Crippen MR) is 118 cm³/mol. The summed E-state index contributed by atoms with van der Waals surface area (Å²) in [5.41, 5.74) is -0.401. The lowest BCUT2D eigenvalue weighted by molar-refractivity contribution is -0.261. The zero-order chi connectivity index (χ0) is 20.7. The fourth-order valence-corrected chi connectivity index (χ4v) is 5.75. The van der Waals surface area contributed by atoms with E-state index in [1.165, 1.54) is 38.5 Å². The lowest BCUT2D eigenvalue weighted by Crippen LogP contribution is -2.52. The maximum Gasteiger partial charge on any atom is 0.221 e. The molecule has 1 unspecified atom stereocenters. The second-order valence-corrected chi connectivity index (χ2v) is 14.0. The van der Waals surface area contributed by atoms with Crippen LogP contribution in [-0.2, 0) is 19.5 Å². The van der Waals surface area contributed by atoms with Gasteiger partial charge in [-0.3, -0.25) is 0 Å². The molecule has 1 atom stereocenters. The van der Waals surface area contributed by atoms with Crippen molar-refractivity contribution in [1.82, 2.24) is 0 Å². The Kier molecular flexibility index (Phi) is 7.92. The quantitative estimate of drug-likeness (QED) is 0.370. The van der Waals surface area contributed by atoms with Crippen LogP contribution in [0.15, 0.2) is 30.3 Å². The summed E-state index contributed by atoms with van der Waals surface area (Å²) in [6.07, 6.45) is 11.0. The lowest BCUT2D eigenvalue weighted by Gasteiger charge is -2.42. The summed E-state index contributed by atoms with van der Waals surface area (Å²) >= 11 is 0. The molecule has 0 aromatic heterocycles. The van der Waals surface area contributed by atoms with Crippen LogP contribution in [0, 0.1) is 11.3 Å². The van der Waals surface area contributed by atoms with Crippen LogP contribution >= 0.6 is 0 Å². The largest absolute Gasteiger partial charge is 0.393 e. The van der Waals surface area contributed by atoms with Crippen molar-refractivity contribution in [2.75, 3.05) is 0 Å². The fraction of sp³-hybridized carbons (Fsp3) is 0.708. The molecule has 0 saturated heterocycles. The average Bonchev–Trinajstić information content (AvgIpc) is 2.73. The SMILES string of the molecule is C[Si](C)(C)OC(C#N)(c1ccccc1)C(OC1CCCCC1)OC1CCCCC1. The van der Waals surface area contributed by atoms with E-state index in [4.69, 9.17) is 13.9 Å². The highest BCUT2D eigenvalue weighted by Gasteiger charge is 2.49. The molecule has 0 radical (unpaired) electrons. The van der Waals surface area contributed by atoms with E-state index in [9.17, 15) is 5.26 Å². The van der Waals surface area contributed by atoms with Crippen molar-refractivity contribution in [3.8, 4) is 6.07 Å². The van der Waals surface area contributed by atoms with Gasteiger partial charge in [-0.2, -0.15) is 5.26 Å². The molecular formula is C24H37NO3Si. The highest BCUT2D eigenvalue weighted by atomic mass is 28.4. The summed E-state index contributed by atoms with van der Waals surface area (Å²) in [4.78, 5) is 0. The van der Waals surface area contributed by atoms with Crippen LogP contribution in [0.2, 0.25) is 19.6 Å². The average molecular weight is 416 g/mol. The number of hydrogen-bond acceptors (Lipinski definition) is 4. The van der Waals surface area contributed by atoms with Crippen molar-refractivity contribution in [2.24, 2.45) is 0 Å². The van der Waals surface area contributed by atoms with Crippen molar-refractivity contribution in [1.29, 1.82) is 5.26 Å². The Morgan fingerprint density at radius 2 is 1.34 bits per heavy atom. The third-order valence-electron chi connectivity index (χ3n) is 5.90. The smallest absolute Gasteiger partial charge is 0.221 e. The lowest BCUT2D eigenvalue weighted by atomic mass is 9.92. The maximum absolute atomic E-state index is 10.5. The van der Waals surface area contributed by atoms with Crippen LogP contribution in [0.3, 0.4) is 0 Å². The molecule has 4 nitrogen and oxygen atoms in total. The summed E-state index contributed by atoms with van der Waals surface area (Å²) in [6, 6.07) is 12.4. The topological polar surface area (TPSA) is 51.5 Å². The normalized spacial score (nSPS) is 21.6. The molecule has 2 aliphatic rings. The highest BCUT2D eigenvalue weighted by molar-refractivity contribution is 6.69. The number of nitriles is 1. The van der Waals surface area contributed by atoms with Crippen LogP contribution in [0.4, 0.5) is 0 Å². The molecule has 1 aromatic rings. The molecule has 160 valence electrons. The van der Waals surface area contributed by atoms with E-state index < -0.39 is 20.2 Å². The molecule has 2 saturated carbocycles. The van der Waals surface area contributed by atoms with Crippen LogP contribution < -0.4 is 0 Å². The van der Waals surface area contributed by atoms with Crippen molar-refractivity contribution in [3.63, 3.8) is 0 Å². The van der Waals surface area contributed by atoms with Gasteiger partial charge in [0.15, 0.2) is 8.32 Å². The molecule has 29 heavy (non-hydrogen) atoms. The van der Waals surface area contributed by atoms with Gasteiger partial charge in [-0.25, -0.2) is 0 Å². The van der Waals surface area contributed by atoms with Crippen LogP contribution in [-0.4, -0.2) is 26.8 Å². The van der Waals surface area contributed by atoms with E-state index in [0.29, 0.717) is 0 Å². The van der Waals surface area contributed by atoms with Gasteiger partial charge in [0, 0.05) is 5.56 Å². The molecule has 0 N–H and O–H groups in total. The maximum atomic E-state index is 10.5. The Bertz CT molecular complexity index is 637. The van der Waals surface area contributed by atoms with Crippen LogP contribution in [0.5, 0.6) is 0 Å². The van der Waals surface area contributed by atoms with Gasteiger partial charge in [-0.05, 0) is 45.3 Å². The number of ether oxygens (including phenoxy) is 2. The Morgan fingerprint density at radius 3 is 1.76 bits per heavy atom. The molecule has 0 bridgehead atoms. The molecule has 0 heterocycles. The monoisotopic (exact) mass is 415 g/mol. The van der Waals surface area contributed by atoms with E-state index in [1.807, 2.05) is 30.3 Å². The molecule has 3 rings (SSSR count). The Hall–Kier alpha value is -1.19. The van der Waals surface area contributed by atoms with Gasteiger partial charge in [-0.1, -0.05) is 68.9 Å². The molecule has 2 aliphatic carbocycles. The Labute approximate surface area is 177 Å². The van der Waals surface area contributed by atoms with Gasteiger partial charge in [0.05, 0.1) is 12.2 Å². The number of nitrogens with zero attached hydrogens (tertiary/aromatic N) is 1. The third kappa shape index (κ3) is 6.15. The third-order valence-corrected chi connectivity index (χ3v) is 6.84. The molecule has 1 aromatic carbocycles. The van der Waals surface area contributed by atoms with Crippen LogP contribution in [0.25, 0.3) is 0 Å². The van der Waals surface area contributed by atoms with Gasteiger partial charge in [0.2, 0.25) is 11.9 Å². The molecule has 0 spiro atoms. The standard InChI is InChI=1S/C24H37NO3Si/c1-29(2,3)28-24(19-25,20-13-7-4-8-14-20)23(26-21-15-9-5-10-16-21)27-22-17-11-6-12-18-22/h4,7-8,13-14,21-23H,5-6,9-12,15-18H2,1-3H3. The van der Waals surface area contributed by atoms with Gasteiger partial charge < -0.3 is 13.9 Å². The molecule has 2 fully saturated rings. The number of benzene rings is 1. The number of hydrogen-bond donors (Lipinski definition) is 0. The zero-order valence-corrected chi connectivity index (χ0v) is 19.4. The Morgan fingerprint density at radius 1 is 0.862 bits per heavy atom. The molecule has 5 heteroatoms. The van der Waals surface area contributed by atoms with Gasteiger partial charge >= 0.3 is 0 Å². The minimum absolute atomic E-state index is 0.138. The van der Waals surface area contributed by atoms with Crippen LogP contribution in [0.1, 0.15) is 69.8 Å². The second-order valence-electron chi connectivity index (χ2n) is 9.55. The highest BCUT2D eigenvalue weighted by Crippen LogP contribution is 2.38. The van der Waals surface area contributed by atoms with E-state index >= 15 is 0 Å². The number of rotatable bonds is 8. The minimum atomic E-state index is -2.07. The Balaban J connectivity index is 1.96. The summed E-state index contributed by atoms with van der Waals surface area (Å²) in [7, 11) is -2.07. The molecule has 0 amide bonds. The molecule has 0 aliphatic heterocycles. The summed E-state index contributed by atoms with van der Waals surface area (Å²) in [6.45, 7) is 6.38. The second kappa shape index (κ2) is 10.2. The van der Waals surface area contributed by atoms with E-state index in [0.717, 1.165) is 31.2 Å². The minimum Gasteiger partial charge on any atom is -0.393 e. The first-order valence-electron chi connectivity index (χ1n) is 11.4.